The molecule has 0 aliphatic rings. The summed E-state index contributed by atoms with van der Waals surface area (Å²) >= 11 is -2.72. The number of hydrogen-bond acceptors (Lipinski definition) is 2. The zero-order valence-electron chi connectivity index (χ0n) is 8.20. The van der Waals surface area contributed by atoms with Crippen LogP contribution in [0.25, 0.3) is 0 Å². The van der Waals surface area contributed by atoms with Gasteiger partial charge in [-0.05, 0) is 0 Å². The van der Waals surface area contributed by atoms with Crippen molar-refractivity contribution in [3.8, 4) is 0 Å². The van der Waals surface area contributed by atoms with Crippen LogP contribution in [0.1, 0.15) is 0 Å². The first-order valence-corrected chi connectivity index (χ1v) is 8.66. The molecule has 0 radical (unpaired) electrons. The van der Waals surface area contributed by atoms with E-state index in [9.17, 15) is 0 Å². The van der Waals surface area contributed by atoms with E-state index in [2.05, 4.69) is 42.1 Å². The van der Waals surface area contributed by atoms with Crippen LogP contribution >= 0.6 is 0 Å². The number of nitrogens with zero attached hydrogens (tertiary/aromatic N) is 4. The van der Waals surface area contributed by atoms with Crippen LogP contribution in [0.3, 0.4) is 0 Å². The fraction of sp³-hybridized carbons (Fsp3) is 1.00. The second-order valence-corrected chi connectivity index (χ2v) is 13.9. The first-order valence-electron chi connectivity index (χ1n) is 3.41. The molecule has 11 heavy (non-hydrogen) atoms. The standard InChI is InChI=1S/2C2H6N.2CH3N.W/c2*1-3-2;2*1-2;/h2*1-2H3;2*1H3;/q2*-1;;;+2. The van der Waals surface area contributed by atoms with Gasteiger partial charge in [0.2, 0.25) is 0 Å². The molecule has 0 aliphatic carbocycles. The Labute approximate surface area is 72.7 Å². The van der Waals surface area contributed by atoms with Gasteiger partial charge in [-0.15, -0.1) is 0 Å². The Morgan fingerprint density at radius 2 is 1.09 bits per heavy atom. The molecule has 0 aromatic carbocycles. The molecule has 0 unspecified atom stereocenters. The molecule has 0 atom stereocenters. The minimum absolute atomic E-state index is 1.86. The molecule has 0 bridgehead atoms. The maximum absolute atomic E-state index is 4.43. The Balaban J connectivity index is 5.17. The van der Waals surface area contributed by atoms with Crippen LogP contribution in [0.4, 0.5) is 0 Å². The third-order valence-electron chi connectivity index (χ3n) is 1.47. The van der Waals surface area contributed by atoms with E-state index in [-0.39, 0.29) is 0 Å². The Morgan fingerprint density at radius 1 is 0.818 bits per heavy atom. The predicted molar refractivity (Wildman–Crippen MR) is 44.1 cm³/mol. The molecule has 0 N–H and O–H groups in total. The third-order valence-corrected chi connectivity index (χ3v) is 12.0. The molecule has 0 aromatic heterocycles. The van der Waals surface area contributed by atoms with Gasteiger partial charge in [-0.2, -0.15) is 0 Å². The molecular formula is C6H18N4W. The van der Waals surface area contributed by atoms with E-state index in [1.807, 2.05) is 14.1 Å². The summed E-state index contributed by atoms with van der Waals surface area (Å²) in [4.78, 5) is 0. The molecule has 68 valence electrons. The van der Waals surface area contributed by atoms with Gasteiger partial charge in [-0.3, -0.25) is 0 Å². The first kappa shape index (κ1) is 11.2. The molecule has 0 rings (SSSR count). The molecule has 4 nitrogen and oxygen atoms in total. The van der Waals surface area contributed by atoms with Gasteiger partial charge in [0.25, 0.3) is 0 Å². The summed E-state index contributed by atoms with van der Waals surface area (Å²) in [5, 5.41) is 0. The van der Waals surface area contributed by atoms with Gasteiger partial charge >= 0.3 is 72.4 Å². The van der Waals surface area contributed by atoms with Crippen LogP contribution in [0.5, 0.6) is 0 Å². The molecule has 0 aromatic rings. The summed E-state index contributed by atoms with van der Waals surface area (Å²) < 4.78 is 13.2. The van der Waals surface area contributed by atoms with Crippen molar-refractivity contribution >= 4 is 0 Å². The second-order valence-electron chi connectivity index (χ2n) is 2.48. The molecule has 5 heteroatoms. The molecule has 0 saturated carbocycles. The van der Waals surface area contributed by atoms with Crippen LogP contribution in [0, 0.1) is 0 Å². The monoisotopic (exact) mass is 330 g/mol. The number of hydrogen-bond donors (Lipinski definition) is 0. The Hall–Kier alpha value is 0.208. The number of rotatable bonds is 2. The predicted octanol–water partition coefficient (Wildman–Crippen LogP) is 0.720. The average Bonchev–Trinajstić information content (AvgIpc) is 1.90. The molecule has 0 fully saturated rings. The van der Waals surface area contributed by atoms with Crippen LogP contribution in [0.2, 0.25) is 0 Å². The summed E-state index contributed by atoms with van der Waals surface area (Å²) in [7, 11) is 11.9. The van der Waals surface area contributed by atoms with Gasteiger partial charge in [0.15, 0.2) is 0 Å². The van der Waals surface area contributed by atoms with Crippen LogP contribution in [-0.2, 0) is 16.2 Å². The van der Waals surface area contributed by atoms with E-state index in [1.165, 1.54) is 0 Å². The van der Waals surface area contributed by atoms with Gasteiger partial charge in [-0.1, -0.05) is 0 Å². The van der Waals surface area contributed by atoms with E-state index in [4.69, 9.17) is 0 Å². The molecule has 0 saturated heterocycles. The summed E-state index contributed by atoms with van der Waals surface area (Å²) in [5.41, 5.74) is 0. The van der Waals surface area contributed by atoms with Crippen molar-refractivity contribution in [3.63, 3.8) is 0 Å². The van der Waals surface area contributed by atoms with Crippen molar-refractivity contribution in [1.82, 2.24) is 6.92 Å². The van der Waals surface area contributed by atoms with Gasteiger partial charge in [0, 0.05) is 0 Å². The molecule has 0 aliphatic heterocycles. The second kappa shape index (κ2) is 4.29. The molecule has 0 heterocycles. The molecular weight excluding hydrogens is 312 g/mol. The van der Waals surface area contributed by atoms with Crippen molar-refractivity contribution in [3.05, 3.63) is 0 Å². The van der Waals surface area contributed by atoms with E-state index >= 15 is 0 Å². The van der Waals surface area contributed by atoms with Crippen LogP contribution in [-0.4, -0.2) is 49.2 Å². The van der Waals surface area contributed by atoms with Crippen LogP contribution in [0.15, 0.2) is 6.99 Å². The van der Waals surface area contributed by atoms with Crippen molar-refractivity contribution in [2.24, 2.45) is 6.99 Å². The summed E-state index contributed by atoms with van der Waals surface area (Å²) in [6, 6.07) is 0. The quantitative estimate of drug-likeness (QED) is 0.747. The first-order chi connectivity index (χ1) is 5.01. The summed E-state index contributed by atoms with van der Waals surface area (Å²) in [5.74, 6) is 0. The zero-order chi connectivity index (χ0) is 9.07. The topological polar surface area (TPSA) is 31.2 Å². The van der Waals surface area contributed by atoms with E-state index < -0.39 is 16.2 Å². The normalized spacial score (nSPS) is 12.4. The Bertz CT molecular complexity index is 195. The summed E-state index contributed by atoms with van der Waals surface area (Å²) in [6.45, 7) is 0. The SMILES string of the molecule is C[N]=[W](=[N]C)([N](C)C)[N](C)C. The van der Waals surface area contributed by atoms with E-state index in [0.717, 1.165) is 0 Å². The van der Waals surface area contributed by atoms with E-state index in [0.29, 0.717) is 0 Å². The van der Waals surface area contributed by atoms with Crippen molar-refractivity contribution < 1.29 is 16.2 Å². The Morgan fingerprint density at radius 3 is 1.09 bits per heavy atom. The van der Waals surface area contributed by atoms with Gasteiger partial charge in [0.05, 0.1) is 0 Å². The summed E-state index contributed by atoms with van der Waals surface area (Å²) in [6.07, 6.45) is 0. The van der Waals surface area contributed by atoms with Crippen molar-refractivity contribution in [1.29, 1.82) is 0 Å². The maximum atomic E-state index is 4.43. The van der Waals surface area contributed by atoms with Crippen molar-refractivity contribution in [2.45, 2.75) is 0 Å². The minimum atomic E-state index is -2.72. The van der Waals surface area contributed by atoms with Gasteiger partial charge in [0.1, 0.15) is 0 Å². The average molecular weight is 330 g/mol. The molecule has 0 amide bonds. The third kappa shape index (κ3) is 2.07. The molecule has 0 spiro atoms. The van der Waals surface area contributed by atoms with Gasteiger partial charge in [-0.25, -0.2) is 0 Å². The fourth-order valence-corrected chi connectivity index (χ4v) is 8.69. The van der Waals surface area contributed by atoms with E-state index in [1.54, 1.807) is 0 Å². The van der Waals surface area contributed by atoms with Crippen LogP contribution < -0.4 is 0 Å². The zero-order valence-corrected chi connectivity index (χ0v) is 11.1. The Kier molecular flexibility index (Phi) is 4.37. The van der Waals surface area contributed by atoms with Gasteiger partial charge < -0.3 is 0 Å². The van der Waals surface area contributed by atoms with Crippen molar-refractivity contribution in [2.75, 3.05) is 42.3 Å². The fourth-order valence-electron chi connectivity index (χ4n) is 1.06.